The highest BCUT2D eigenvalue weighted by Crippen LogP contribution is 1.91. The molecular formula is C4H4N4O2. The number of carbonyl (C=O) groups excluding carboxylic acids is 2. The van der Waals surface area contributed by atoms with Gasteiger partial charge in [0, 0.05) is 0 Å². The molecule has 4 N–H and O–H groups in total. The van der Waals surface area contributed by atoms with Gasteiger partial charge >= 0.3 is 6.03 Å². The van der Waals surface area contributed by atoms with E-state index in [0.717, 1.165) is 0 Å². The van der Waals surface area contributed by atoms with E-state index < -0.39 is 23.5 Å². The molecule has 0 aromatic heterocycles. The zero-order valence-corrected chi connectivity index (χ0v) is 4.87. The number of ketones is 1. The molecule has 1 aliphatic rings. The maximum absolute atomic E-state index is 10.6. The largest absolute Gasteiger partial charge is 0.380 e. The number of amides is 2. The second-order valence-corrected chi connectivity index (χ2v) is 1.61. The van der Waals surface area contributed by atoms with E-state index in [-0.39, 0.29) is 0 Å². The van der Waals surface area contributed by atoms with Crippen LogP contribution in [0.25, 0.3) is 0 Å². The second kappa shape index (κ2) is 1.90. The van der Waals surface area contributed by atoms with E-state index >= 15 is 0 Å². The van der Waals surface area contributed by atoms with Crippen molar-refractivity contribution in [2.24, 2.45) is 21.5 Å². The molecule has 0 saturated heterocycles. The average Bonchev–Trinajstić information content (AvgIpc) is 1.82. The van der Waals surface area contributed by atoms with Gasteiger partial charge in [0.1, 0.15) is 0 Å². The molecule has 1 rings (SSSR count). The average molecular weight is 140 g/mol. The number of aliphatic imine (C=N–C) groups is 2. The lowest BCUT2D eigenvalue weighted by Gasteiger charge is -2.01. The Balaban J connectivity index is 3.05. The van der Waals surface area contributed by atoms with E-state index in [1.807, 2.05) is 0 Å². The Morgan fingerprint density at radius 1 is 1.00 bits per heavy atom. The van der Waals surface area contributed by atoms with E-state index in [2.05, 4.69) is 9.98 Å². The molecule has 1 heterocycles. The first kappa shape index (κ1) is 6.40. The van der Waals surface area contributed by atoms with Gasteiger partial charge < -0.3 is 11.5 Å². The normalized spacial score (nSPS) is 18.4. The van der Waals surface area contributed by atoms with Gasteiger partial charge in [0.2, 0.25) is 0 Å². The maximum atomic E-state index is 10.6. The SMILES string of the molecule is NC1=NC(=O)N=C(N)C1=O. The molecular weight excluding hydrogens is 136 g/mol. The molecule has 0 unspecified atom stereocenters. The number of amidine groups is 2. The molecule has 10 heavy (non-hydrogen) atoms. The number of Topliss-reactive ketones (excluding diaryl/α,β-unsaturated/α-hetero) is 1. The maximum Gasteiger partial charge on any atom is 0.371 e. The zero-order valence-electron chi connectivity index (χ0n) is 4.87. The van der Waals surface area contributed by atoms with E-state index in [0.29, 0.717) is 0 Å². The molecule has 0 aliphatic carbocycles. The summed E-state index contributed by atoms with van der Waals surface area (Å²) in [7, 11) is 0. The monoisotopic (exact) mass is 140 g/mol. The first-order valence-corrected chi connectivity index (χ1v) is 2.38. The number of hydrogen-bond donors (Lipinski definition) is 2. The predicted octanol–water partition coefficient (Wildman–Crippen LogP) is -1.60. The highest BCUT2D eigenvalue weighted by atomic mass is 16.2. The van der Waals surface area contributed by atoms with Gasteiger partial charge in [0.15, 0.2) is 11.7 Å². The summed E-state index contributed by atoms with van der Waals surface area (Å²) in [5.74, 6) is -1.50. The predicted molar refractivity (Wildman–Crippen MR) is 33.6 cm³/mol. The highest BCUT2D eigenvalue weighted by molar-refractivity contribution is 6.67. The Kier molecular flexibility index (Phi) is 1.22. The Bertz CT molecular complexity index is 240. The lowest BCUT2D eigenvalue weighted by molar-refractivity contribution is -0.107. The van der Waals surface area contributed by atoms with Crippen molar-refractivity contribution in [3.63, 3.8) is 0 Å². The van der Waals surface area contributed by atoms with Crippen LogP contribution in [0.1, 0.15) is 0 Å². The number of nitrogens with two attached hydrogens (primary N) is 2. The minimum Gasteiger partial charge on any atom is -0.380 e. The third kappa shape index (κ3) is 0.859. The van der Waals surface area contributed by atoms with Gasteiger partial charge in [-0.25, -0.2) is 4.79 Å². The van der Waals surface area contributed by atoms with E-state index in [9.17, 15) is 9.59 Å². The van der Waals surface area contributed by atoms with E-state index in [1.54, 1.807) is 0 Å². The highest BCUT2D eigenvalue weighted by Gasteiger charge is 2.19. The Labute approximate surface area is 55.6 Å². The molecule has 0 atom stereocenters. The quantitative estimate of drug-likeness (QED) is 0.422. The molecule has 0 fully saturated rings. The summed E-state index contributed by atoms with van der Waals surface area (Å²) in [5.41, 5.74) is 9.96. The number of rotatable bonds is 0. The van der Waals surface area contributed by atoms with Crippen molar-refractivity contribution >= 4 is 23.5 Å². The van der Waals surface area contributed by atoms with Crippen LogP contribution in [0.2, 0.25) is 0 Å². The van der Waals surface area contributed by atoms with Crippen molar-refractivity contribution in [2.75, 3.05) is 0 Å². The minimum atomic E-state index is -0.838. The topological polar surface area (TPSA) is 111 Å². The Morgan fingerprint density at radius 2 is 1.40 bits per heavy atom. The molecule has 6 nitrogen and oxygen atoms in total. The zero-order chi connectivity index (χ0) is 7.72. The third-order valence-corrected chi connectivity index (χ3v) is 0.897. The van der Waals surface area contributed by atoms with Crippen molar-refractivity contribution < 1.29 is 9.59 Å². The van der Waals surface area contributed by atoms with Crippen LogP contribution in [0.3, 0.4) is 0 Å². The van der Waals surface area contributed by atoms with Crippen molar-refractivity contribution in [3.05, 3.63) is 0 Å². The van der Waals surface area contributed by atoms with E-state index in [1.165, 1.54) is 0 Å². The van der Waals surface area contributed by atoms with Crippen LogP contribution in [0, 0.1) is 0 Å². The van der Waals surface area contributed by atoms with Crippen LogP contribution in [0.4, 0.5) is 4.79 Å². The Hall–Kier alpha value is -1.72. The van der Waals surface area contributed by atoms with Crippen LogP contribution in [0.15, 0.2) is 9.98 Å². The van der Waals surface area contributed by atoms with Crippen LogP contribution in [-0.4, -0.2) is 23.5 Å². The van der Waals surface area contributed by atoms with Crippen molar-refractivity contribution in [2.45, 2.75) is 0 Å². The number of nitrogens with zero attached hydrogens (tertiary/aromatic N) is 2. The summed E-state index contributed by atoms with van der Waals surface area (Å²) < 4.78 is 0. The smallest absolute Gasteiger partial charge is 0.371 e. The van der Waals surface area contributed by atoms with Crippen LogP contribution >= 0.6 is 0 Å². The number of urea groups is 1. The number of carbonyl (C=O) groups is 2. The number of hydrogen-bond acceptors (Lipinski definition) is 4. The fraction of sp³-hybridized carbons (Fsp3) is 0. The van der Waals surface area contributed by atoms with Gasteiger partial charge in [-0.1, -0.05) is 0 Å². The summed E-state index contributed by atoms with van der Waals surface area (Å²) in [5, 5.41) is 0. The van der Waals surface area contributed by atoms with E-state index in [4.69, 9.17) is 11.5 Å². The molecule has 0 spiro atoms. The lowest BCUT2D eigenvalue weighted by Crippen LogP contribution is -2.39. The standard InChI is InChI=1S/C4H4N4O2/c5-2-1(9)3(6)8-4(10)7-2/h(H4,5,6,7,8,10). The van der Waals surface area contributed by atoms with Gasteiger partial charge in [-0.05, 0) is 0 Å². The van der Waals surface area contributed by atoms with Gasteiger partial charge in [-0.3, -0.25) is 4.79 Å². The third-order valence-electron chi connectivity index (χ3n) is 0.897. The Morgan fingerprint density at radius 3 is 1.80 bits per heavy atom. The van der Waals surface area contributed by atoms with Gasteiger partial charge in [-0.2, -0.15) is 9.98 Å². The summed E-state index contributed by atoms with van der Waals surface area (Å²) in [4.78, 5) is 27.1. The summed E-state index contributed by atoms with van der Waals surface area (Å²) >= 11 is 0. The summed E-state index contributed by atoms with van der Waals surface area (Å²) in [6, 6.07) is -0.838. The first-order chi connectivity index (χ1) is 4.61. The van der Waals surface area contributed by atoms with Gasteiger partial charge in [-0.15, -0.1) is 0 Å². The minimum absolute atomic E-state index is 0.405. The fourth-order valence-electron chi connectivity index (χ4n) is 0.464. The molecule has 1 aliphatic heterocycles. The van der Waals surface area contributed by atoms with Crippen molar-refractivity contribution in [1.29, 1.82) is 0 Å². The van der Waals surface area contributed by atoms with Crippen molar-refractivity contribution in [1.82, 2.24) is 0 Å². The first-order valence-electron chi connectivity index (χ1n) is 2.38. The fourth-order valence-corrected chi connectivity index (χ4v) is 0.464. The van der Waals surface area contributed by atoms with Crippen LogP contribution in [0.5, 0.6) is 0 Å². The van der Waals surface area contributed by atoms with Crippen LogP contribution < -0.4 is 11.5 Å². The molecule has 0 saturated carbocycles. The molecule has 0 radical (unpaired) electrons. The summed E-state index contributed by atoms with van der Waals surface area (Å²) in [6.45, 7) is 0. The van der Waals surface area contributed by atoms with Gasteiger partial charge in [0.25, 0.3) is 5.78 Å². The molecule has 52 valence electrons. The molecule has 0 bridgehead atoms. The van der Waals surface area contributed by atoms with Crippen molar-refractivity contribution in [3.8, 4) is 0 Å². The van der Waals surface area contributed by atoms with Gasteiger partial charge in [0.05, 0.1) is 0 Å². The summed E-state index contributed by atoms with van der Waals surface area (Å²) in [6.07, 6.45) is 0. The molecule has 0 aromatic rings. The van der Waals surface area contributed by atoms with Crippen LogP contribution in [-0.2, 0) is 4.79 Å². The second-order valence-electron chi connectivity index (χ2n) is 1.61. The molecule has 6 heteroatoms. The molecule has 2 amide bonds. The molecule has 0 aromatic carbocycles. The lowest BCUT2D eigenvalue weighted by atomic mass is 10.3.